The van der Waals surface area contributed by atoms with Gasteiger partial charge in [-0.15, -0.1) is 0 Å². The van der Waals surface area contributed by atoms with Crippen LogP contribution in [0.25, 0.3) is 0 Å². The number of ether oxygens (including phenoxy) is 1. The third-order valence-corrected chi connectivity index (χ3v) is 4.39. The van der Waals surface area contributed by atoms with Gasteiger partial charge in [0.15, 0.2) is 5.96 Å². The summed E-state index contributed by atoms with van der Waals surface area (Å²) in [5.41, 5.74) is 0. The summed E-state index contributed by atoms with van der Waals surface area (Å²) in [6.45, 7) is 7.25. The Hall–Kier alpha value is -1.49. The second-order valence-electron chi connectivity index (χ2n) is 6.20. The third kappa shape index (κ3) is 6.65. The van der Waals surface area contributed by atoms with E-state index in [0.29, 0.717) is 25.1 Å². The molecular formula is C18H31N3O2. The lowest BCUT2D eigenvalue weighted by Crippen LogP contribution is -2.47. The van der Waals surface area contributed by atoms with E-state index in [1.807, 2.05) is 19.1 Å². The lowest BCUT2D eigenvalue weighted by atomic mass is 9.86. The molecule has 2 rings (SSSR count). The highest BCUT2D eigenvalue weighted by molar-refractivity contribution is 5.80. The molecule has 5 heteroatoms. The van der Waals surface area contributed by atoms with Crippen molar-refractivity contribution >= 4 is 5.96 Å². The molecule has 130 valence electrons. The number of aliphatic imine (C=N–C) groups is 1. The van der Waals surface area contributed by atoms with Crippen molar-refractivity contribution in [3.8, 4) is 0 Å². The molecule has 2 atom stereocenters. The van der Waals surface area contributed by atoms with Crippen LogP contribution < -0.4 is 10.6 Å². The van der Waals surface area contributed by atoms with E-state index in [0.717, 1.165) is 31.3 Å². The predicted octanol–water partition coefficient (Wildman–Crippen LogP) is 2.97. The summed E-state index contributed by atoms with van der Waals surface area (Å²) >= 11 is 0. The average molecular weight is 321 g/mol. The fourth-order valence-corrected chi connectivity index (χ4v) is 2.98. The molecule has 0 radical (unpaired) electrons. The number of rotatable bonds is 8. The molecule has 0 bridgehead atoms. The molecule has 0 amide bonds. The third-order valence-electron chi connectivity index (χ3n) is 4.39. The predicted molar refractivity (Wildman–Crippen MR) is 93.8 cm³/mol. The topological polar surface area (TPSA) is 58.8 Å². The van der Waals surface area contributed by atoms with Crippen LogP contribution in [0, 0.1) is 5.92 Å². The van der Waals surface area contributed by atoms with Gasteiger partial charge in [-0.05, 0) is 37.8 Å². The minimum Gasteiger partial charge on any atom is -0.469 e. The molecule has 1 aromatic rings. The summed E-state index contributed by atoms with van der Waals surface area (Å²) in [6, 6.07) is 4.45. The number of nitrogens with zero attached hydrogens (tertiary/aromatic N) is 1. The maximum atomic E-state index is 5.38. The van der Waals surface area contributed by atoms with Crippen LogP contribution in [0.15, 0.2) is 27.8 Å². The van der Waals surface area contributed by atoms with Crippen LogP contribution in [0.3, 0.4) is 0 Å². The monoisotopic (exact) mass is 321 g/mol. The average Bonchev–Trinajstić information content (AvgIpc) is 3.06. The fourth-order valence-electron chi connectivity index (χ4n) is 2.98. The first-order valence-corrected chi connectivity index (χ1v) is 8.94. The standard InChI is InChI=1S/C18H31N3O2/c1-3-22-14-12-20-18(19-11-10-16-8-6-13-23-16)21-17-9-5-4-7-15(17)2/h6,8,13,15,17H,3-5,7,9-12,14H2,1-2H3,(H2,19,20,21). The Kier molecular flexibility index (Phi) is 8.01. The number of furan rings is 1. The van der Waals surface area contributed by atoms with Gasteiger partial charge in [0.05, 0.1) is 19.4 Å². The van der Waals surface area contributed by atoms with Gasteiger partial charge in [0.2, 0.25) is 0 Å². The number of hydrogen-bond donors (Lipinski definition) is 2. The zero-order valence-corrected chi connectivity index (χ0v) is 14.5. The lowest BCUT2D eigenvalue weighted by molar-refractivity contribution is 0.155. The Morgan fingerprint density at radius 1 is 1.39 bits per heavy atom. The van der Waals surface area contributed by atoms with Crippen molar-refractivity contribution in [2.45, 2.75) is 52.0 Å². The van der Waals surface area contributed by atoms with E-state index >= 15 is 0 Å². The fraction of sp³-hybridized carbons (Fsp3) is 0.722. The van der Waals surface area contributed by atoms with Crippen molar-refractivity contribution in [3.05, 3.63) is 24.2 Å². The molecule has 0 spiro atoms. The molecular weight excluding hydrogens is 290 g/mol. The Balaban J connectivity index is 1.82. The first kappa shape index (κ1) is 17.9. The summed E-state index contributed by atoms with van der Waals surface area (Å²) in [5.74, 6) is 2.60. The van der Waals surface area contributed by atoms with Gasteiger partial charge in [-0.2, -0.15) is 0 Å². The molecule has 2 N–H and O–H groups in total. The number of guanidine groups is 1. The molecule has 1 saturated carbocycles. The van der Waals surface area contributed by atoms with Crippen LogP contribution in [0.5, 0.6) is 0 Å². The minimum atomic E-state index is 0.519. The summed E-state index contributed by atoms with van der Waals surface area (Å²) in [5, 5.41) is 7.04. The summed E-state index contributed by atoms with van der Waals surface area (Å²) in [6.07, 6.45) is 7.76. The number of nitrogens with one attached hydrogen (secondary N) is 2. The van der Waals surface area contributed by atoms with Gasteiger partial charge in [0.1, 0.15) is 5.76 Å². The second-order valence-corrected chi connectivity index (χ2v) is 6.20. The second kappa shape index (κ2) is 10.3. The Labute approximate surface area is 139 Å². The van der Waals surface area contributed by atoms with Gasteiger partial charge in [0.25, 0.3) is 0 Å². The lowest BCUT2D eigenvalue weighted by Gasteiger charge is -2.31. The maximum Gasteiger partial charge on any atom is 0.191 e. The normalized spacial score (nSPS) is 22.1. The SMILES string of the molecule is CCOCCN=C(NCCc1ccco1)NC1CCCCC1C. The summed E-state index contributed by atoms with van der Waals surface area (Å²) < 4.78 is 10.8. The zero-order valence-electron chi connectivity index (χ0n) is 14.5. The molecule has 0 aromatic carbocycles. The smallest absolute Gasteiger partial charge is 0.191 e. The van der Waals surface area contributed by atoms with Crippen molar-refractivity contribution in [2.75, 3.05) is 26.3 Å². The van der Waals surface area contributed by atoms with Crippen LogP contribution in [0.4, 0.5) is 0 Å². The quantitative estimate of drug-likeness (QED) is 0.439. The van der Waals surface area contributed by atoms with Gasteiger partial charge in [-0.3, -0.25) is 4.99 Å². The van der Waals surface area contributed by atoms with Crippen LogP contribution in [-0.4, -0.2) is 38.3 Å². The van der Waals surface area contributed by atoms with Crippen molar-refractivity contribution < 1.29 is 9.15 Å². The highest BCUT2D eigenvalue weighted by Gasteiger charge is 2.21. The summed E-state index contributed by atoms with van der Waals surface area (Å²) in [7, 11) is 0. The molecule has 1 fully saturated rings. The maximum absolute atomic E-state index is 5.38. The van der Waals surface area contributed by atoms with E-state index in [2.05, 4.69) is 22.5 Å². The van der Waals surface area contributed by atoms with Crippen molar-refractivity contribution in [1.29, 1.82) is 0 Å². The van der Waals surface area contributed by atoms with E-state index in [1.54, 1.807) is 6.26 Å². The van der Waals surface area contributed by atoms with Crippen molar-refractivity contribution in [1.82, 2.24) is 10.6 Å². The van der Waals surface area contributed by atoms with Crippen LogP contribution in [0.1, 0.15) is 45.3 Å². The first-order valence-electron chi connectivity index (χ1n) is 8.94. The van der Waals surface area contributed by atoms with E-state index in [-0.39, 0.29) is 0 Å². The van der Waals surface area contributed by atoms with E-state index in [9.17, 15) is 0 Å². The minimum absolute atomic E-state index is 0.519. The van der Waals surface area contributed by atoms with Gasteiger partial charge in [-0.1, -0.05) is 19.8 Å². The molecule has 1 heterocycles. The van der Waals surface area contributed by atoms with Gasteiger partial charge in [0, 0.05) is 25.6 Å². The molecule has 1 aromatic heterocycles. The Morgan fingerprint density at radius 3 is 3.00 bits per heavy atom. The van der Waals surface area contributed by atoms with Gasteiger partial charge < -0.3 is 19.8 Å². The van der Waals surface area contributed by atoms with Crippen LogP contribution in [0.2, 0.25) is 0 Å². The molecule has 1 aliphatic rings. The van der Waals surface area contributed by atoms with E-state index in [1.165, 1.54) is 25.7 Å². The van der Waals surface area contributed by atoms with E-state index < -0.39 is 0 Å². The largest absolute Gasteiger partial charge is 0.469 e. The number of hydrogen-bond acceptors (Lipinski definition) is 3. The Morgan fingerprint density at radius 2 is 2.26 bits per heavy atom. The van der Waals surface area contributed by atoms with E-state index in [4.69, 9.17) is 9.15 Å². The first-order chi connectivity index (χ1) is 11.3. The Bertz CT molecular complexity index is 445. The van der Waals surface area contributed by atoms with Gasteiger partial charge >= 0.3 is 0 Å². The molecule has 5 nitrogen and oxygen atoms in total. The molecule has 23 heavy (non-hydrogen) atoms. The van der Waals surface area contributed by atoms with Gasteiger partial charge in [-0.25, -0.2) is 0 Å². The highest BCUT2D eigenvalue weighted by atomic mass is 16.5. The van der Waals surface area contributed by atoms with Crippen molar-refractivity contribution in [2.24, 2.45) is 10.9 Å². The molecule has 1 aliphatic carbocycles. The highest BCUT2D eigenvalue weighted by Crippen LogP contribution is 2.23. The molecule has 0 saturated heterocycles. The van der Waals surface area contributed by atoms with Crippen LogP contribution >= 0.6 is 0 Å². The molecule has 0 aliphatic heterocycles. The van der Waals surface area contributed by atoms with Crippen molar-refractivity contribution in [3.63, 3.8) is 0 Å². The summed E-state index contributed by atoms with van der Waals surface area (Å²) in [4.78, 5) is 4.65. The molecule has 2 unspecified atom stereocenters. The van der Waals surface area contributed by atoms with Crippen LogP contribution in [-0.2, 0) is 11.2 Å². The zero-order chi connectivity index (χ0) is 16.3.